The average Bonchev–Trinajstić information content (AvgIpc) is 2.88. The second-order valence-electron chi connectivity index (χ2n) is 5.18. The SMILES string of the molecule is Cc1cnn(C(C)C(C)NC2CCCC2)c1. The summed E-state index contributed by atoms with van der Waals surface area (Å²) < 4.78 is 2.07. The first-order chi connectivity index (χ1) is 7.66. The molecule has 1 fully saturated rings. The number of hydrogen-bond donors (Lipinski definition) is 1. The maximum absolute atomic E-state index is 4.39. The smallest absolute Gasteiger partial charge is 0.0641 e. The van der Waals surface area contributed by atoms with Crippen LogP contribution >= 0.6 is 0 Å². The Bertz CT molecular complexity index is 326. The molecule has 1 aliphatic rings. The Morgan fingerprint density at radius 2 is 2.06 bits per heavy atom. The molecule has 1 saturated carbocycles. The number of hydrogen-bond acceptors (Lipinski definition) is 2. The van der Waals surface area contributed by atoms with Crippen LogP contribution < -0.4 is 5.32 Å². The monoisotopic (exact) mass is 221 g/mol. The molecule has 2 unspecified atom stereocenters. The van der Waals surface area contributed by atoms with E-state index in [1.54, 1.807) is 0 Å². The van der Waals surface area contributed by atoms with Crippen LogP contribution in [-0.2, 0) is 0 Å². The molecule has 90 valence electrons. The summed E-state index contributed by atoms with van der Waals surface area (Å²) in [6.45, 7) is 6.59. The molecule has 2 rings (SSSR count). The van der Waals surface area contributed by atoms with Crippen LogP contribution in [-0.4, -0.2) is 21.9 Å². The number of aryl methyl sites for hydroxylation is 1. The highest BCUT2D eigenvalue weighted by Gasteiger charge is 2.21. The van der Waals surface area contributed by atoms with Crippen LogP contribution in [0.3, 0.4) is 0 Å². The maximum Gasteiger partial charge on any atom is 0.0641 e. The summed E-state index contributed by atoms with van der Waals surface area (Å²) in [7, 11) is 0. The number of nitrogens with zero attached hydrogens (tertiary/aromatic N) is 2. The third kappa shape index (κ3) is 2.64. The van der Waals surface area contributed by atoms with Gasteiger partial charge in [-0.2, -0.15) is 5.10 Å². The van der Waals surface area contributed by atoms with Crippen molar-refractivity contribution in [2.75, 3.05) is 0 Å². The average molecular weight is 221 g/mol. The molecule has 1 heterocycles. The molecule has 1 aromatic rings. The van der Waals surface area contributed by atoms with Crippen LogP contribution in [0.4, 0.5) is 0 Å². The van der Waals surface area contributed by atoms with Crippen LogP contribution in [0.1, 0.15) is 51.1 Å². The van der Waals surface area contributed by atoms with Crippen molar-refractivity contribution in [1.82, 2.24) is 15.1 Å². The van der Waals surface area contributed by atoms with Crippen LogP contribution in [0.15, 0.2) is 12.4 Å². The molecule has 2 atom stereocenters. The lowest BCUT2D eigenvalue weighted by Crippen LogP contribution is -2.39. The third-order valence-corrected chi connectivity index (χ3v) is 3.73. The van der Waals surface area contributed by atoms with Gasteiger partial charge in [0.25, 0.3) is 0 Å². The van der Waals surface area contributed by atoms with Crippen molar-refractivity contribution in [3.63, 3.8) is 0 Å². The molecule has 0 radical (unpaired) electrons. The fraction of sp³-hybridized carbons (Fsp3) is 0.769. The van der Waals surface area contributed by atoms with E-state index < -0.39 is 0 Å². The standard InChI is InChI=1S/C13H23N3/c1-10-8-14-16(9-10)12(3)11(2)15-13-6-4-5-7-13/h8-9,11-13,15H,4-7H2,1-3H3. The Hall–Kier alpha value is -0.830. The van der Waals surface area contributed by atoms with Crippen LogP contribution in [0.5, 0.6) is 0 Å². The molecular formula is C13H23N3. The van der Waals surface area contributed by atoms with Gasteiger partial charge < -0.3 is 5.32 Å². The summed E-state index contributed by atoms with van der Waals surface area (Å²) in [5.41, 5.74) is 1.24. The van der Waals surface area contributed by atoms with Gasteiger partial charge in [0.15, 0.2) is 0 Å². The van der Waals surface area contributed by atoms with Crippen molar-refractivity contribution in [3.05, 3.63) is 18.0 Å². The lowest BCUT2D eigenvalue weighted by Gasteiger charge is -2.25. The highest BCUT2D eigenvalue weighted by molar-refractivity contribution is 5.01. The molecule has 0 aliphatic heterocycles. The molecule has 0 amide bonds. The van der Waals surface area contributed by atoms with E-state index in [0.717, 1.165) is 6.04 Å². The van der Waals surface area contributed by atoms with Crippen molar-refractivity contribution in [3.8, 4) is 0 Å². The van der Waals surface area contributed by atoms with E-state index in [-0.39, 0.29) is 0 Å². The summed E-state index contributed by atoms with van der Waals surface area (Å²) in [4.78, 5) is 0. The minimum atomic E-state index is 0.425. The van der Waals surface area contributed by atoms with Gasteiger partial charge in [-0.05, 0) is 39.2 Å². The van der Waals surface area contributed by atoms with Crippen LogP contribution in [0.25, 0.3) is 0 Å². The second kappa shape index (κ2) is 5.00. The van der Waals surface area contributed by atoms with Crippen LogP contribution in [0.2, 0.25) is 0 Å². The topological polar surface area (TPSA) is 29.9 Å². The van der Waals surface area contributed by atoms with Crippen molar-refractivity contribution in [2.45, 2.75) is 64.6 Å². The van der Waals surface area contributed by atoms with Crippen molar-refractivity contribution >= 4 is 0 Å². The third-order valence-electron chi connectivity index (χ3n) is 3.73. The molecular weight excluding hydrogens is 198 g/mol. The first-order valence-electron chi connectivity index (χ1n) is 6.43. The summed E-state index contributed by atoms with van der Waals surface area (Å²) in [6, 6.07) is 1.64. The van der Waals surface area contributed by atoms with E-state index in [0.29, 0.717) is 12.1 Å². The molecule has 1 aromatic heterocycles. The van der Waals surface area contributed by atoms with Gasteiger partial charge in [0, 0.05) is 18.3 Å². The Labute approximate surface area is 98.2 Å². The van der Waals surface area contributed by atoms with Crippen molar-refractivity contribution in [2.24, 2.45) is 0 Å². The Balaban J connectivity index is 1.90. The van der Waals surface area contributed by atoms with Gasteiger partial charge in [-0.1, -0.05) is 12.8 Å². The minimum absolute atomic E-state index is 0.425. The normalized spacial score (nSPS) is 21.2. The predicted octanol–water partition coefficient (Wildman–Crippen LogP) is 2.67. The van der Waals surface area contributed by atoms with E-state index in [4.69, 9.17) is 0 Å². The lowest BCUT2D eigenvalue weighted by atomic mass is 10.1. The van der Waals surface area contributed by atoms with Gasteiger partial charge in [-0.3, -0.25) is 4.68 Å². The fourth-order valence-electron chi connectivity index (χ4n) is 2.49. The van der Waals surface area contributed by atoms with Gasteiger partial charge >= 0.3 is 0 Å². The maximum atomic E-state index is 4.39. The number of nitrogens with one attached hydrogen (secondary N) is 1. The molecule has 1 N–H and O–H groups in total. The first kappa shape index (κ1) is 11.6. The van der Waals surface area contributed by atoms with Gasteiger partial charge in [-0.25, -0.2) is 0 Å². The zero-order valence-corrected chi connectivity index (χ0v) is 10.6. The molecule has 16 heavy (non-hydrogen) atoms. The quantitative estimate of drug-likeness (QED) is 0.847. The summed E-state index contributed by atoms with van der Waals surface area (Å²) >= 11 is 0. The van der Waals surface area contributed by atoms with E-state index in [9.17, 15) is 0 Å². The number of rotatable bonds is 4. The van der Waals surface area contributed by atoms with E-state index in [1.807, 2.05) is 6.20 Å². The van der Waals surface area contributed by atoms with E-state index >= 15 is 0 Å². The summed E-state index contributed by atoms with van der Waals surface area (Å²) in [5.74, 6) is 0. The molecule has 0 bridgehead atoms. The largest absolute Gasteiger partial charge is 0.309 e. The highest BCUT2D eigenvalue weighted by Crippen LogP contribution is 2.20. The lowest BCUT2D eigenvalue weighted by molar-refractivity contribution is 0.333. The second-order valence-corrected chi connectivity index (χ2v) is 5.18. The fourth-order valence-corrected chi connectivity index (χ4v) is 2.49. The highest BCUT2D eigenvalue weighted by atomic mass is 15.3. The van der Waals surface area contributed by atoms with Crippen molar-refractivity contribution in [1.29, 1.82) is 0 Å². The molecule has 3 heteroatoms. The molecule has 0 aromatic carbocycles. The van der Waals surface area contributed by atoms with Gasteiger partial charge in [0.1, 0.15) is 0 Å². The summed E-state index contributed by atoms with van der Waals surface area (Å²) in [5, 5.41) is 8.11. The molecule has 0 spiro atoms. The molecule has 0 saturated heterocycles. The molecule has 1 aliphatic carbocycles. The molecule has 3 nitrogen and oxygen atoms in total. The van der Waals surface area contributed by atoms with Gasteiger partial charge in [0.2, 0.25) is 0 Å². The zero-order valence-electron chi connectivity index (χ0n) is 10.6. The van der Waals surface area contributed by atoms with Gasteiger partial charge in [0.05, 0.1) is 12.2 Å². The Morgan fingerprint density at radius 3 is 2.62 bits per heavy atom. The first-order valence-corrected chi connectivity index (χ1v) is 6.43. The van der Waals surface area contributed by atoms with E-state index in [1.165, 1.54) is 31.2 Å². The van der Waals surface area contributed by atoms with Gasteiger partial charge in [-0.15, -0.1) is 0 Å². The van der Waals surface area contributed by atoms with Crippen LogP contribution in [0, 0.1) is 6.92 Å². The Kier molecular flexibility index (Phi) is 3.64. The zero-order chi connectivity index (χ0) is 11.5. The minimum Gasteiger partial charge on any atom is -0.309 e. The van der Waals surface area contributed by atoms with Crippen molar-refractivity contribution < 1.29 is 0 Å². The summed E-state index contributed by atoms with van der Waals surface area (Å²) in [6.07, 6.45) is 9.51. The van der Waals surface area contributed by atoms with E-state index in [2.05, 4.69) is 42.1 Å². The number of aromatic nitrogens is 2. The predicted molar refractivity (Wildman–Crippen MR) is 66.5 cm³/mol. The Morgan fingerprint density at radius 1 is 1.38 bits per heavy atom.